The standard InChI is InChI=1S/C14H15N5/c1-19-9-11(10-4-2-3-5-12(10)19)17-13-6-7-16-14(8-15)18-13/h2-7,9H,8,15H2,1H3,(H,16,17,18). The summed E-state index contributed by atoms with van der Waals surface area (Å²) < 4.78 is 2.09. The molecule has 2 heterocycles. The molecule has 0 aliphatic heterocycles. The van der Waals surface area contributed by atoms with Crippen molar-refractivity contribution in [2.24, 2.45) is 12.8 Å². The molecule has 2 aromatic heterocycles. The average Bonchev–Trinajstić information content (AvgIpc) is 2.76. The Bertz CT molecular complexity index is 717. The maximum absolute atomic E-state index is 5.55. The zero-order chi connectivity index (χ0) is 13.2. The van der Waals surface area contributed by atoms with E-state index in [0.717, 1.165) is 16.9 Å². The molecule has 96 valence electrons. The predicted molar refractivity (Wildman–Crippen MR) is 76.1 cm³/mol. The van der Waals surface area contributed by atoms with Crippen molar-refractivity contribution < 1.29 is 0 Å². The van der Waals surface area contributed by atoms with Crippen molar-refractivity contribution in [3.63, 3.8) is 0 Å². The normalized spacial score (nSPS) is 10.8. The van der Waals surface area contributed by atoms with Gasteiger partial charge in [0, 0.05) is 30.3 Å². The summed E-state index contributed by atoms with van der Waals surface area (Å²) in [5, 5.41) is 4.48. The van der Waals surface area contributed by atoms with E-state index in [0.29, 0.717) is 12.4 Å². The molecule has 0 saturated heterocycles. The minimum absolute atomic E-state index is 0.338. The van der Waals surface area contributed by atoms with Crippen molar-refractivity contribution in [1.29, 1.82) is 0 Å². The number of hydrogen-bond donors (Lipinski definition) is 2. The maximum Gasteiger partial charge on any atom is 0.144 e. The smallest absolute Gasteiger partial charge is 0.144 e. The number of para-hydroxylation sites is 1. The van der Waals surface area contributed by atoms with E-state index in [2.05, 4.69) is 38.2 Å². The monoisotopic (exact) mass is 253 g/mol. The molecule has 0 spiro atoms. The van der Waals surface area contributed by atoms with E-state index >= 15 is 0 Å². The van der Waals surface area contributed by atoms with Crippen molar-refractivity contribution in [2.45, 2.75) is 6.54 Å². The summed E-state index contributed by atoms with van der Waals surface area (Å²) in [5.41, 5.74) is 7.76. The molecule has 5 nitrogen and oxygen atoms in total. The van der Waals surface area contributed by atoms with E-state index in [9.17, 15) is 0 Å². The van der Waals surface area contributed by atoms with Crippen LogP contribution in [0.5, 0.6) is 0 Å². The lowest BCUT2D eigenvalue weighted by Gasteiger charge is -2.04. The lowest BCUT2D eigenvalue weighted by atomic mass is 10.2. The molecule has 0 bridgehead atoms. The first-order valence-electron chi connectivity index (χ1n) is 6.11. The van der Waals surface area contributed by atoms with Crippen LogP contribution in [0.25, 0.3) is 10.9 Å². The van der Waals surface area contributed by atoms with Gasteiger partial charge >= 0.3 is 0 Å². The van der Waals surface area contributed by atoms with Crippen LogP contribution in [0.1, 0.15) is 5.82 Å². The van der Waals surface area contributed by atoms with Crippen LogP contribution in [0.4, 0.5) is 11.5 Å². The Balaban J connectivity index is 2.01. The third-order valence-electron chi connectivity index (χ3n) is 3.05. The molecule has 19 heavy (non-hydrogen) atoms. The van der Waals surface area contributed by atoms with Gasteiger partial charge in [-0.2, -0.15) is 0 Å². The molecule has 3 aromatic rings. The van der Waals surface area contributed by atoms with E-state index < -0.39 is 0 Å². The number of rotatable bonds is 3. The second-order valence-corrected chi connectivity index (χ2v) is 4.36. The fourth-order valence-electron chi connectivity index (χ4n) is 2.15. The van der Waals surface area contributed by atoms with Gasteiger partial charge in [-0.1, -0.05) is 18.2 Å². The maximum atomic E-state index is 5.55. The van der Waals surface area contributed by atoms with Gasteiger partial charge in [-0.05, 0) is 12.1 Å². The lowest BCUT2D eigenvalue weighted by molar-refractivity contribution is 0.911. The minimum atomic E-state index is 0.338. The Morgan fingerprint density at radius 2 is 2.11 bits per heavy atom. The van der Waals surface area contributed by atoms with Gasteiger partial charge in [0.1, 0.15) is 11.6 Å². The van der Waals surface area contributed by atoms with Gasteiger partial charge in [0.15, 0.2) is 0 Å². The highest BCUT2D eigenvalue weighted by atomic mass is 15.1. The van der Waals surface area contributed by atoms with E-state index in [1.54, 1.807) is 6.20 Å². The Labute approximate surface area is 111 Å². The Morgan fingerprint density at radius 3 is 2.95 bits per heavy atom. The number of aryl methyl sites for hydroxylation is 1. The zero-order valence-electron chi connectivity index (χ0n) is 10.7. The van der Waals surface area contributed by atoms with Gasteiger partial charge < -0.3 is 15.6 Å². The molecule has 0 aliphatic carbocycles. The van der Waals surface area contributed by atoms with Crippen molar-refractivity contribution >= 4 is 22.4 Å². The van der Waals surface area contributed by atoms with E-state index in [1.807, 2.05) is 25.2 Å². The minimum Gasteiger partial charge on any atom is -0.348 e. The van der Waals surface area contributed by atoms with Gasteiger partial charge in [-0.15, -0.1) is 0 Å². The van der Waals surface area contributed by atoms with Crippen LogP contribution in [-0.4, -0.2) is 14.5 Å². The van der Waals surface area contributed by atoms with Crippen LogP contribution >= 0.6 is 0 Å². The topological polar surface area (TPSA) is 68.8 Å². The van der Waals surface area contributed by atoms with Crippen molar-refractivity contribution in [3.8, 4) is 0 Å². The number of nitrogens with zero attached hydrogens (tertiary/aromatic N) is 3. The number of nitrogens with one attached hydrogen (secondary N) is 1. The molecular formula is C14H15N5. The van der Waals surface area contributed by atoms with Gasteiger partial charge in [0.25, 0.3) is 0 Å². The lowest BCUT2D eigenvalue weighted by Crippen LogP contribution is -2.04. The van der Waals surface area contributed by atoms with Crippen LogP contribution in [0.3, 0.4) is 0 Å². The van der Waals surface area contributed by atoms with Crippen molar-refractivity contribution in [1.82, 2.24) is 14.5 Å². The fraction of sp³-hybridized carbons (Fsp3) is 0.143. The van der Waals surface area contributed by atoms with Gasteiger partial charge in [0.2, 0.25) is 0 Å². The molecule has 3 rings (SSSR count). The first kappa shape index (κ1) is 11.7. The molecule has 0 saturated carbocycles. The summed E-state index contributed by atoms with van der Waals surface area (Å²) in [6.07, 6.45) is 3.76. The molecule has 0 fully saturated rings. The Morgan fingerprint density at radius 1 is 1.26 bits per heavy atom. The molecule has 5 heteroatoms. The van der Waals surface area contributed by atoms with Crippen molar-refractivity contribution in [2.75, 3.05) is 5.32 Å². The number of nitrogens with two attached hydrogens (primary N) is 1. The second-order valence-electron chi connectivity index (χ2n) is 4.36. The molecular weight excluding hydrogens is 238 g/mol. The summed E-state index contributed by atoms with van der Waals surface area (Å²) in [5.74, 6) is 1.39. The zero-order valence-corrected chi connectivity index (χ0v) is 10.7. The van der Waals surface area contributed by atoms with Crippen LogP contribution < -0.4 is 11.1 Å². The third-order valence-corrected chi connectivity index (χ3v) is 3.05. The third kappa shape index (κ3) is 2.15. The Kier molecular flexibility index (Phi) is 2.89. The molecule has 0 amide bonds. The number of benzene rings is 1. The summed E-state index contributed by atoms with van der Waals surface area (Å²) in [6, 6.07) is 10.1. The number of aromatic nitrogens is 3. The number of fused-ring (bicyclic) bond motifs is 1. The van der Waals surface area contributed by atoms with Gasteiger partial charge in [0.05, 0.1) is 12.2 Å². The number of anilines is 2. The first-order chi connectivity index (χ1) is 9.28. The predicted octanol–water partition coefficient (Wildman–Crippen LogP) is 2.17. The van der Waals surface area contributed by atoms with Crippen LogP contribution in [0.2, 0.25) is 0 Å². The summed E-state index contributed by atoms with van der Waals surface area (Å²) >= 11 is 0. The average molecular weight is 253 g/mol. The van der Waals surface area contributed by atoms with Crippen LogP contribution in [0, 0.1) is 0 Å². The van der Waals surface area contributed by atoms with E-state index in [-0.39, 0.29) is 0 Å². The molecule has 0 atom stereocenters. The first-order valence-corrected chi connectivity index (χ1v) is 6.11. The highest BCUT2D eigenvalue weighted by molar-refractivity contribution is 5.94. The van der Waals surface area contributed by atoms with E-state index in [1.165, 1.54) is 5.52 Å². The quantitative estimate of drug-likeness (QED) is 0.750. The molecule has 1 aromatic carbocycles. The van der Waals surface area contributed by atoms with Gasteiger partial charge in [-0.3, -0.25) is 0 Å². The van der Waals surface area contributed by atoms with Gasteiger partial charge in [-0.25, -0.2) is 9.97 Å². The summed E-state index contributed by atoms with van der Waals surface area (Å²) in [7, 11) is 2.03. The largest absolute Gasteiger partial charge is 0.348 e. The summed E-state index contributed by atoms with van der Waals surface area (Å²) in [6.45, 7) is 0.338. The van der Waals surface area contributed by atoms with Crippen LogP contribution in [-0.2, 0) is 13.6 Å². The molecule has 0 unspecified atom stereocenters. The second kappa shape index (κ2) is 4.70. The SMILES string of the molecule is Cn1cc(Nc2ccnc(CN)n2)c2ccccc21. The molecule has 0 aliphatic rings. The highest BCUT2D eigenvalue weighted by Crippen LogP contribution is 2.27. The molecule has 0 radical (unpaired) electrons. The van der Waals surface area contributed by atoms with Crippen LogP contribution in [0.15, 0.2) is 42.7 Å². The summed E-state index contributed by atoms with van der Waals surface area (Å²) in [4.78, 5) is 8.43. The highest BCUT2D eigenvalue weighted by Gasteiger charge is 2.06. The van der Waals surface area contributed by atoms with Crippen molar-refractivity contribution in [3.05, 3.63) is 48.5 Å². The van der Waals surface area contributed by atoms with E-state index in [4.69, 9.17) is 5.73 Å². The molecule has 3 N–H and O–H groups in total. The fourth-order valence-corrected chi connectivity index (χ4v) is 2.15. The number of hydrogen-bond acceptors (Lipinski definition) is 4. The Hall–Kier alpha value is -2.40.